The van der Waals surface area contributed by atoms with Crippen molar-refractivity contribution in [3.8, 4) is 17.0 Å². The molecule has 4 rings (SSSR count). The number of rotatable bonds is 6. The first kappa shape index (κ1) is 18.4. The van der Waals surface area contributed by atoms with Crippen molar-refractivity contribution in [2.75, 3.05) is 37.7 Å². The maximum atomic E-state index is 5.48. The minimum Gasteiger partial charge on any atom is -0.494 e. The van der Waals surface area contributed by atoms with Gasteiger partial charge in [0.2, 0.25) is 11.8 Å². The van der Waals surface area contributed by atoms with Crippen LogP contribution in [0.3, 0.4) is 0 Å². The van der Waals surface area contributed by atoms with Crippen LogP contribution in [0.15, 0.2) is 40.8 Å². The second-order valence-corrected chi connectivity index (χ2v) is 6.71. The number of hydrogen-bond acceptors (Lipinski definition) is 8. The van der Waals surface area contributed by atoms with E-state index in [9.17, 15) is 0 Å². The van der Waals surface area contributed by atoms with Crippen molar-refractivity contribution in [3.63, 3.8) is 0 Å². The Balaban J connectivity index is 1.34. The summed E-state index contributed by atoms with van der Waals surface area (Å²) in [5.74, 6) is 3.05. The minimum absolute atomic E-state index is 0.608. The van der Waals surface area contributed by atoms with Crippen LogP contribution in [0.4, 0.5) is 5.82 Å². The zero-order valence-corrected chi connectivity index (χ0v) is 16.2. The van der Waals surface area contributed by atoms with Crippen LogP contribution in [0.1, 0.15) is 18.7 Å². The van der Waals surface area contributed by atoms with E-state index in [-0.39, 0.29) is 0 Å². The highest BCUT2D eigenvalue weighted by Gasteiger charge is 2.20. The summed E-state index contributed by atoms with van der Waals surface area (Å²) in [7, 11) is 0. The highest BCUT2D eigenvalue weighted by molar-refractivity contribution is 5.60. The van der Waals surface area contributed by atoms with Crippen molar-refractivity contribution in [1.29, 1.82) is 0 Å². The fourth-order valence-electron chi connectivity index (χ4n) is 3.26. The summed E-state index contributed by atoms with van der Waals surface area (Å²) in [6, 6.07) is 12.0. The van der Waals surface area contributed by atoms with Crippen LogP contribution in [0.5, 0.6) is 5.75 Å². The number of hydrogen-bond donors (Lipinski definition) is 0. The molecule has 8 heteroatoms. The van der Waals surface area contributed by atoms with Crippen molar-refractivity contribution in [2.24, 2.45) is 0 Å². The van der Waals surface area contributed by atoms with E-state index >= 15 is 0 Å². The van der Waals surface area contributed by atoms with E-state index in [1.165, 1.54) is 0 Å². The van der Waals surface area contributed by atoms with Crippen molar-refractivity contribution in [1.82, 2.24) is 25.3 Å². The SMILES string of the molecule is CCOc1ccc(-c2ccc(N3CCN(Cc4nnc(C)o4)CC3)nn2)cc1. The third-order valence-electron chi connectivity index (χ3n) is 4.73. The number of benzene rings is 1. The Labute approximate surface area is 164 Å². The molecule has 0 N–H and O–H groups in total. The molecule has 1 aliphatic rings. The standard InChI is InChI=1S/C20H24N6O2/c1-3-27-17-6-4-16(5-7-17)18-8-9-19(23-22-18)26-12-10-25(11-13-26)14-20-24-21-15(2)28-20/h4-9H,3,10-14H2,1-2H3. The number of anilines is 1. The Morgan fingerprint density at radius 1 is 0.929 bits per heavy atom. The van der Waals surface area contributed by atoms with Gasteiger partial charge in [-0.3, -0.25) is 4.90 Å². The van der Waals surface area contributed by atoms with Crippen LogP contribution in [-0.4, -0.2) is 58.1 Å². The summed E-state index contributed by atoms with van der Waals surface area (Å²) in [5.41, 5.74) is 1.89. The van der Waals surface area contributed by atoms with Gasteiger partial charge in [-0.2, -0.15) is 0 Å². The largest absolute Gasteiger partial charge is 0.494 e. The Bertz CT molecular complexity index is 886. The van der Waals surface area contributed by atoms with Gasteiger partial charge in [0, 0.05) is 38.7 Å². The van der Waals surface area contributed by atoms with Gasteiger partial charge in [-0.1, -0.05) is 0 Å². The normalized spacial score (nSPS) is 15.0. The Morgan fingerprint density at radius 3 is 2.32 bits per heavy atom. The number of ether oxygens (including phenoxy) is 1. The first-order valence-corrected chi connectivity index (χ1v) is 9.54. The molecule has 1 aromatic carbocycles. The third kappa shape index (κ3) is 4.28. The Morgan fingerprint density at radius 2 is 1.71 bits per heavy atom. The van der Waals surface area contributed by atoms with Gasteiger partial charge >= 0.3 is 0 Å². The van der Waals surface area contributed by atoms with Crippen LogP contribution >= 0.6 is 0 Å². The number of nitrogens with zero attached hydrogens (tertiary/aromatic N) is 6. The molecule has 1 fully saturated rings. The molecule has 0 atom stereocenters. The number of aryl methyl sites for hydroxylation is 1. The molecule has 0 aliphatic carbocycles. The lowest BCUT2D eigenvalue weighted by atomic mass is 10.1. The second-order valence-electron chi connectivity index (χ2n) is 6.71. The lowest BCUT2D eigenvalue weighted by molar-refractivity contribution is 0.224. The zero-order chi connectivity index (χ0) is 19.3. The molecule has 0 saturated carbocycles. The van der Waals surface area contributed by atoms with Gasteiger partial charge in [0.15, 0.2) is 5.82 Å². The van der Waals surface area contributed by atoms with Gasteiger partial charge in [0.1, 0.15) is 5.75 Å². The molecular formula is C20H24N6O2. The molecule has 28 heavy (non-hydrogen) atoms. The summed E-state index contributed by atoms with van der Waals surface area (Å²) in [5, 5.41) is 16.8. The lowest BCUT2D eigenvalue weighted by Gasteiger charge is -2.34. The molecule has 0 spiro atoms. The Kier molecular flexibility index (Phi) is 5.48. The summed E-state index contributed by atoms with van der Waals surface area (Å²) < 4.78 is 10.9. The molecule has 0 bridgehead atoms. The van der Waals surface area contributed by atoms with Gasteiger partial charge in [0.25, 0.3) is 0 Å². The molecule has 146 valence electrons. The Hall–Kier alpha value is -3.00. The van der Waals surface area contributed by atoms with Gasteiger partial charge in [0.05, 0.1) is 18.8 Å². The van der Waals surface area contributed by atoms with E-state index < -0.39 is 0 Å². The molecule has 3 heterocycles. The molecular weight excluding hydrogens is 356 g/mol. The van der Waals surface area contributed by atoms with E-state index in [4.69, 9.17) is 9.15 Å². The zero-order valence-electron chi connectivity index (χ0n) is 16.2. The summed E-state index contributed by atoms with van der Waals surface area (Å²) >= 11 is 0. The smallest absolute Gasteiger partial charge is 0.230 e. The van der Waals surface area contributed by atoms with Crippen LogP contribution in [0.2, 0.25) is 0 Å². The second kappa shape index (κ2) is 8.35. The average molecular weight is 380 g/mol. The number of piperazine rings is 1. The molecule has 0 unspecified atom stereocenters. The quantitative estimate of drug-likeness (QED) is 0.645. The molecule has 1 aliphatic heterocycles. The summed E-state index contributed by atoms with van der Waals surface area (Å²) in [6.07, 6.45) is 0. The minimum atomic E-state index is 0.608. The van der Waals surface area contributed by atoms with E-state index in [0.29, 0.717) is 24.9 Å². The van der Waals surface area contributed by atoms with Crippen LogP contribution in [0, 0.1) is 6.92 Å². The van der Waals surface area contributed by atoms with E-state index in [1.807, 2.05) is 50.2 Å². The summed E-state index contributed by atoms with van der Waals surface area (Å²) in [4.78, 5) is 4.57. The predicted molar refractivity (Wildman–Crippen MR) is 105 cm³/mol. The molecule has 0 amide bonds. The maximum absolute atomic E-state index is 5.48. The van der Waals surface area contributed by atoms with E-state index in [1.54, 1.807) is 0 Å². The van der Waals surface area contributed by atoms with Gasteiger partial charge < -0.3 is 14.1 Å². The third-order valence-corrected chi connectivity index (χ3v) is 4.73. The summed E-state index contributed by atoms with van der Waals surface area (Å²) in [6.45, 7) is 8.77. The average Bonchev–Trinajstić information content (AvgIpc) is 3.14. The van der Waals surface area contributed by atoms with Crippen molar-refractivity contribution >= 4 is 5.82 Å². The lowest BCUT2D eigenvalue weighted by Crippen LogP contribution is -2.46. The van der Waals surface area contributed by atoms with Crippen molar-refractivity contribution in [3.05, 3.63) is 48.2 Å². The molecule has 3 aromatic rings. The van der Waals surface area contributed by atoms with E-state index in [2.05, 4.69) is 30.2 Å². The monoisotopic (exact) mass is 380 g/mol. The van der Waals surface area contributed by atoms with Gasteiger partial charge in [-0.25, -0.2) is 0 Å². The molecule has 2 aromatic heterocycles. The fourth-order valence-corrected chi connectivity index (χ4v) is 3.26. The molecule has 0 radical (unpaired) electrons. The van der Waals surface area contributed by atoms with Crippen molar-refractivity contribution in [2.45, 2.75) is 20.4 Å². The molecule has 8 nitrogen and oxygen atoms in total. The van der Waals surface area contributed by atoms with Gasteiger partial charge in [-0.05, 0) is 43.3 Å². The highest BCUT2D eigenvalue weighted by Crippen LogP contribution is 2.22. The predicted octanol–water partition coefficient (Wildman–Crippen LogP) is 2.56. The maximum Gasteiger partial charge on any atom is 0.230 e. The number of aromatic nitrogens is 4. The van der Waals surface area contributed by atoms with Gasteiger partial charge in [-0.15, -0.1) is 20.4 Å². The van der Waals surface area contributed by atoms with Crippen LogP contribution < -0.4 is 9.64 Å². The first-order valence-electron chi connectivity index (χ1n) is 9.54. The first-order chi connectivity index (χ1) is 13.7. The van der Waals surface area contributed by atoms with Crippen molar-refractivity contribution < 1.29 is 9.15 Å². The highest BCUT2D eigenvalue weighted by atomic mass is 16.5. The fraction of sp³-hybridized carbons (Fsp3) is 0.400. The molecule has 1 saturated heterocycles. The van der Waals surface area contributed by atoms with Crippen LogP contribution in [0.25, 0.3) is 11.3 Å². The van der Waals surface area contributed by atoms with Crippen LogP contribution in [-0.2, 0) is 6.54 Å². The van der Waals surface area contributed by atoms with E-state index in [0.717, 1.165) is 49.0 Å². The topological polar surface area (TPSA) is 80.4 Å².